The molecule has 0 N–H and O–H groups in total. The predicted molar refractivity (Wildman–Crippen MR) is 102 cm³/mol. The van der Waals surface area contributed by atoms with Crippen molar-refractivity contribution in [2.45, 2.75) is 18.3 Å². The topological polar surface area (TPSA) is 93.0 Å². The molecule has 0 atom stereocenters. The average Bonchev–Trinajstić information content (AvgIpc) is 3.36. The Morgan fingerprint density at radius 2 is 1.89 bits per heavy atom. The van der Waals surface area contributed by atoms with E-state index in [4.69, 9.17) is 9.26 Å². The maximum absolute atomic E-state index is 13.1. The highest BCUT2D eigenvalue weighted by Crippen LogP contribution is 2.50. The molecular formula is C19H23N3O5S. The van der Waals surface area contributed by atoms with Crippen LogP contribution in [0.25, 0.3) is 11.3 Å². The summed E-state index contributed by atoms with van der Waals surface area (Å²) in [5, 5.41) is 4.18. The number of nitrogens with zero attached hydrogens (tertiary/aromatic N) is 3. The smallest absolute Gasteiger partial charge is 0.235 e. The first-order chi connectivity index (χ1) is 13.3. The van der Waals surface area contributed by atoms with Crippen LogP contribution in [-0.4, -0.2) is 68.2 Å². The molecule has 0 bridgehead atoms. The van der Waals surface area contributed by atoms with Crippen molar-refractivity contribution in [2.24, 2.45) is 0 Å². The molecule has 2 fully saturated rings. The Hall–Kier alpha value is -2.39. The van der Waals surface area contributed by atoms with Crippen molar-refractivity contribution in [3.05, 3.63) is 36.0 Å². The number of hydrogen-bond donors (Lipinski definition) is 0. The zero-order valence-corrected chi connectivity index (χ0v) is 16.7. The van der Waals surface area contributed by atoms with E-state index in [0.29, 0.717) is 37.6 Å². The van der Waals surface area contributed by atoms with E-state index in [9.17, 15) is 13.2 Å². The van der Waals surface area contributed by atoms with Gasteiger partial charge in [-0.25, -0.2) is 8.42 Å². The van der Waals surface area contributed by atoms with Crippen LogP contribution in [0.15, 0.2) is 34.9 Å². The Balaban J connectivity index is 1.50. The van der Waals surface area contributed by atoms with Crippen LogP contribution in [0.1, 0.15) is 18.5 Å². The summed E-state index contributed by atoms with van der Waals surface area (Å²) >= 11 is 0. The lowest BCUT2D eigenvalue weighted by Gasteiger charge is -2.35. The van der Waals surface area contributed by atoms with Crippen LogP contribution < -0.4 is 4.74 Å². The normalized spacial score (nSPS) is 19.4. The first-order valence-corrected chi connectivity index (χ1v) is 11.0. The zero-order valence-electron chi connectivity index (χ0n) is 15.9. The van der Waals surface area contributed by atoms with E-state index in [-0.39, 0.29) is 5.91 Å². The highest BCUT2D eigenvalue weighted by atomic mass is 32.2. The molecule has 1 saturated carbocycles. The number of aromatic nitrogens is 1. The van der Waals surface area contributed by atoms with Gasteiger partial charge >= 0.3 is 0 Å². The van der Waals surface area contributed by atoms with Gasteiger partial charge in [-0.2, -0.15) is 4.31 Å². The van der Waals surface area contributed by atoms with Crippen molar-refractivity contribution in [3.63, 3.8) is 0 Å². The fourth-order valence-corrected chi connectivity index (χ4v) is 4.47. The van der Waals surface area contributed by atoms with E-state index >= 15 is 0 Å². The van der Waals surface area contributed by atoms with Gasteiger partial charge in [0.15, 0.2) is 5.76 Å². The highest BCUT2D eigenvalue weighted by molar-refractivity contribution is 7.88. The molecule has 9 heteroatoms. The number of carbonyl (C=O) groups excluding carboxylic acids is 1. The van der Waals surface area contributed by atoms with Gasteiger partial charge in [0.25, 0.3) is 0 Å². The Kier molecular flexibility index (Phi) is 4.67. The van der Waals surface area contributed by atoms with Crippen LogP contribution in [-0.2, 0) is 20.2 Å². The van der Waals surface area contributed by atoms with Crippen molar-refractivity contribution in [2.75, 3.05) is 39.5 Å². The average molecular weight is 405 g/mol. The Bertz CT molecular complexity index is 989. The number of hydrogen-bond acceptors (Lipinski definition) is 6. The van der Waals surface area contributed by atoms with Crippen LogP contribution in [0.3, 0.4) is 0 Å². The van der Waals surface area contributed by atoms with Crippen molar-refractivity contribution in [1.82, 2.24) is 14.4 Å². The molecule has 4 rings (SSSR count). The molecule has 0 spiro atoms. The molecule has 0 unspecified atom stereocenters. The minimum Gasteiger partial charge on any atom is -0.497 e. The molecule has 28 heavy (non-hydrogen) atoms. The standard InChI is InChI=1S/C19H23N3O5S/c1-26-15-5-3-4-14(12-15)16-13-17(20-27-16)19(6-7-19)18(23)21-8-10-22(11-9-21)28(2,24)25/h3-5,12-13H,6-11H2,1-2H3. The maximum atomic E-state index is 13.1. The SMILES string of the molecule is COc1cccc(-c2cc(C3(C(=O)N4CCN(S(C)(=O)=O)CC4)CC3)no2)c1. The second-order valence-corrected chi connectivity index (χ2v) is 9.33. The van der Waals surface area contributed by atoms with Gasteiger partial charge in [0.1, 0.15) is 5.75 Å². The molecule has 1 aliphatic carbocycles. The fraction of sp³-hybridized carbons (Fsp3) is 0.474. The summed E-state index contributed by atoms with van der Waals surface area (Å²) < 4.78 is 35.5. The summed E-state index contributed by atoms with van der Waals surface area (Å²) in [6, 6.07) is 9.31. The van der Waals surface area contributed by atoms with E-state index in [1.165, 1.54) is 10.6 Å². The van der Waals surface area contributed by atoms with Crippen molar-refractivity contribution < 1.29 is 22.5 Å². The number of benzene rings is 1. The third-order valence-corrected chi connectivity index (χ3v) is 6.81. The third-order valence-electron chi connectivity index (χ3n) is 5.51. The molecule has 0 radical (unpaired) electrons. The summed E-state index contributed by atoms with van der Waals surface area (Å²) in [5.74, 6) is 1.32. The van der Waals surface area contributed by atoms with Gasteiger partial charge in [-0.1, -0.05) is 17.3 Å². The number of piperazine rings is 1. The molecule has 1 aromatic carbocycles. The van der Waals surface area contributed by atoms with E-state index < -0.39 is 15.4 Å². The molecule has 2 aliphatic rings. The van der Waals surface area contributed by atoms with Gasteiger partial charge < -0.3 is 14.2 Å². The molecule has 1 aliphatic heterocycles. The lowest BCUT2D eigenvalue weighted by Crippen LogP contribution is -2.52. The summed E-state index contributed by atoms with van der Waals surface area (Å²) in [7, 11) is -1.62. The minimum absolute atomic E-state index is 0.00569. The quantitative estimate of drug-likeness (QED) is 0.748. The Labute approximate surface area is 164 Å². The number of ether oxygens (including phenoxy) is 1. The molecule has 2 heterocycles. The van der Waals surface area contributed by atoms with E-state index in [1.807, 2.05) is 30.3 Å². The first-order valence-electron chi connectivity index (χ1n) is 9.20. The van der Waals surface area contributed by atoms with E-state index in [0.717, 1.165) is 24.2 Å². The van der Waals surface area contributed by atoms with Gasteiger partial charge in [0.2, 0.25) is 15.9 Å². The second-order valence-electron chi connectivity index (χ2n) is 7.34. The molecule has 1 amide bonds. The summed E-state index contributed by atoms with van der Waals surface area (Å²) in [4.78, 5) is 14.9. The minimum atomic E-state index is -3.22. The second kappa shape index (κ2) is 6.89. The lowest BCUT2D eigenvalue weighted by molar-refractivity contribution is -0.135. The molecule has 8 nitrogen and oxygen atoms in total. The summed E-state index contributed by atoms with van der Waals surface area (Å²) in [5.41, 5.74) is 0.831. The van der Waals surface area contributed by atoms with Gasteiger partial charge in [-0.05, 0) is 25.0 Å². The predicted octanol–water partition coefficient (Wildman–Crippen LogP) is 1.49. The zero-order chi connectivity index (χ0) is 19.9. The third kappa shape index (κ3) is 3.40. The number of sulfonamides is 1. The van der Waals surface area contributed by atoms with Gasteiger partial charge in [0.05, 0.1) is 24.5 Å². The monoisotopic (exact) mass is 405 g/mol. The number of methoxy groups -OCH3 is 1. The summed E-state index contributed by atoms with van der Waals surface area (Å²) in [6.45, 7) is 1.45. The molecular weight excluding hydrogens is 382 g/mol. The number of amides is 1. The number of rotatable bonds is 5. The maximum Gasteiger partial charge on any atom is 0.235 e. The first kappa shape index (κ1) is 18.9. The lowest BCUT2D eigenvalue weighted by atomic mass is 9.99. The van der Waals surface area contributed by atoms with Crippen LogP contribution in [0.5, 0.6) is 5.75 Å². The van der Waals surface area contributed by atoms with Gasteiger partial charge in [-0.3, -0.25) is 4.79 Å². The molecule has 1 aromatic heterocycles. The van der Waals surface area contributed by atoms with Gasteiger partial charge in [0, 0.05) is 37.8 Å². The highest BCUT2D eigenvalue weighted by Gasteiger charge is 2.55. The molecule has 2 aromatic rings. The van der Waals surface area contributed by atoms with Crippen LogP contribution >= 0.6 is 0 Å². The molecule has 1 saturated heterocycles. The summed E-state index contributed by atoms with van der Waals surface area (Å²) in [6.07, 6.45) is 2.65. The Morgan fingerprint density at radius 1 is 1.18 bits per heavy atom. The molecule has 150 valence electrons. The van der Waals surface area contributed by atoms with Crippen LogP contribution in [0.4, 0.5) is 0 Å². The van der Waals surface area contributed by atoms with Crippen molar-refractivity contribution >= 4 is 15.9 Å². The van der Waals surface area contributed by atoms with Crippen LogP contribution in [0, 0.1) is 0 Å². The van der Waals surface area contributed by atoms with Crippen molar-refractivity contribution in [3.8, 4) is 17.1 Å². The van der Waals surface area contributed by atoms with Gasteiger partial charge in [-0.15, -0.1) is 0 Å². The van der Waals surface area contributed by atoms with E-state index in [1.54, 1.807) is 12.0 Å². The largest absolute Gasteiger partial charge is 0.497 e. The van der Waals surface area contributed by atoms with E-state index in [2.05, 4.69) is 5.16 Å². The fourth-order valence-electron chi connectivity index (χ4n) is 3.64. The number of carbonyl (C=O) groups is 1. The Morgan fingerprint density at radius 3 is 2.50 bits per heavy atom. The van der Waals surface area contributed by atoms with Crippen molar-refractivity contribution in [1.29, 1.82) is 0 Å². The van der Waals surface area contributed by atoms with Crippen LogP contribution in [0.2, 0.25) is 0 Å².